The molecule has 0 saturated carbocycles. The van der Waals surface area contributed by atoms with Gasteiger partial charge in [0.1, 0.15) is 5.75 Å². The first-order valence-corrected chi connectivity index (χ1v) is 6.20. The monoisotopic (exact) mass is 255 g/mol. The van der Waals surface area contributed by atoms with Crippen molar-refractivity contribution in [1.82, 2.24) is 4.98 Å². The van der Waals surface area contributed by atoms with Crippen molar-refractivity contribution < 1.29 is 9.53 Å². The number of hydrogen-bond acceptors (Lipinski definition) is 3. The van der Waals surface area contributed by atoms with Gasteiger partial charge in [0.05, 0.1) is 7.11 Å². The molecule has 0 N–H and O–H groups in total. The van der Waals surface area contributed by atoms with Crippen molar-refractivity contribution in [3.63, 3.8) is 0 Å². The molecule has 3 nitrogen and oxygen atoms in total. The highest BCUT2D eigenvalue weighted by molar-refractivity contribution is 5.98. The van der Waals surface area contributed by atoms with Gasteiger partial charge in [-0.2, -0.15) is 0 Å². The maximum atomic E-state index is 12.3. The number of hydrogen-bond donors (Lipinski definition) is 0. The molecule has 3 heteroatoms. The predicted molar refractivity (Wildman–Crippen MR) is 74.7 cm³/mol. The highest BCUT2D eigenvalue weighted by atomic mass is 16.5. The van der Waals surface area contributed by atoms with Crippen molar-refractivity contribution in [3.05, 3.63) is 58.9 Å². The zero-order valence-electron chi connectivity index (χ0n) is 11.4. The molecule has 0 fully saturated rings. The number of Topliss-reactive ketones (excluding diaryl/α,β-unsaturated/α-hetero) is 1. The van der Waals surface area contributed by atoms with Crippen molar-refractivity contribution in [2.75, 3.05) is 7.11 Å². The van der Waals surface area contributed by atoms with E-state index in [1.54, 1.807) is 7.11 Å². The Kier molecular flexibility index (Phi) is 3.95. The summed E-state index contributed by atoms with van der Waals surface area (Å²) in [6.07, 6.45) is 0.364. The summed E-state index contributed by atoms with van der Waals surface area (Å²) < 4.78 is 5.16. The Bertz CT molecular complexity index is 605. The first kappa shape index (κ1) is 13.3. The number of benzene rings is 1. The van der Waals surface area contributed by atoms with Crippen LogP contribution in [0.3, 0.4) is 0 Å². The highest BCUT2D eigenvalue weighted by Crippen LogP contribution is 2.16. The second kappa shape index (κ2) is 5.65. The second-order valence-corrected chi connectivity index (χ2v) is 4.54. The predicted octanol–water partition coefficient (Wildman–Crippen LogP) is 3.13. The first-order valence-electron chi connectivity index (χ1n) is 6.20. The number of aromatic nitrogens is 1. The average Bonchev–Trinajstić information content (AvgIpc) is 2.38. The van der Waals surface area contributed by atoms with Crippen LogP contribution in [-0.4, -0.2) is 17.9 Å². The summed E-state index contributed by atoms with van der Waals surface area (Å²) in [6.45, 7) is 3.79. The lowest BCUT2D eigenvalue weighted by molar-refractivity contribution is 0.0992. The van der Waals surface area contributed by atoms with Crippen molar-refractivity contribution in [2.45, 2.75) is 20.3 Å². The topological polar surface area (TPSA) is 39.2 Å². The fraction of sp³-hybridized carbons (Fsp3) is 0.250. The van der Waals surface area contributed by atoms with Crippen LogP contribution in [0.4, 0.5) is 0 Å². The number of carbonyl (C=O) groups excluding carboxylic acids is 1. The van der Waals surface area contributed by atoms with E-state index in [4.69, 9.17) is 4.74 Å². The number of rotatable bonds is 4. The minimum Gasteiger partial charge on any atom is -0.497 e. The summed E-state index contributed by atoms with van der Waals surface area (Å²) in [7, 11) is 1.62. The van der Waals surface area contributed by atoms with E-state index in [1.807, 2.05) is 50.2 Å². The number of carbonyl (C=O) groups is 1. The molecular formula is C16H17NO2. The fourth-order valence-electron chi connectivity index (χ4n) is 2.04. The van der Waals surface area contributed by atoms with Gasteiger partial charge in [0.25, 0.3) is 0 Å². The van der Waals surface area contributed by atoms with E-state index in [0.29, 0.717) is 12.0 Å². The third-order valence-corrected chi connectivity index (χ3v) is 3.02. The number of ketones is 1. The van der Waals surface area contributed by atoms with Gasteiger partial charge in [-0.05, 0) is 43.7 Å². The quantitative estimate of drug-likeness (QED) is 0.788. The van der Waals surface area contributed by atoms with E-state index < -0.39 is 0 Å². The van der Waals surface area contributed by atoms with Gasteiger partial charge in [0, 0.05) is 23.4 Å². The Balaban J connectivity index is 2.20. The molecule has 19 heavy (non-hydrogen) atoms. The first-order chi connectivity index (χ1) is 9.10. The van der Waals surface area contributed by atoms with Gasteiger partial charge in [0.15, 0.2) is 5.78 Å². The molecule has 2 rings (SSSR count). The minimum atomic E-state index is 0.0817. The molecule has 0 aliphatic carbocycles. The standard InChI is InChI=1S/C16H17NO2/c1-11-7-8-15(12(2)17-11)16(18)10-13-5-4-6-14(9-13)19-3/h4-9H,10H2,1-3H3. The van der Waals surface area contributed by atoms with Gasteiger partial charge >= 0.3 is 0 Å². The van der Waals surface area contributed by atoms with E-state index in [9.17, 15) is 4.79 Å². The van der Waals surface area contributed by atoms with E-state index in [2.05, 4.69) is 4.98 Å². The zero-order valence-corrected chi connectivity index (χ0v) is 11.4. The summed E-state index contributed by atoms with van der Waals surface area (Å²) in [6, 6.07) is 11.3. The summed E-state index contributed by atoms with van der Waals surface area (Å²) in [5.41, 5.74) is 3.35. The Morgan fingerprint density at radius 1 is 1.21 bits per heavy atom. The molecule has 0 atom stereocenters. The molecular weight excluding hydrogens is 238 g/mol. The zero-order chi connectivity index (χ0) is 13.8. The minimum absolute atomic E-state index is 0.0817. The van der Waals surface area contributed by atoms with E-state index >= 15 is 0 Å². The smallest absolute Gasteiger partial charge is 0.169 e. The number of nitrogens with zero attached hydrogens (tertiary/aromatic N) is 1. The van der Waals surface area contributed by atoms with Crippen LogP contribution in [0, 0.1) is 13.8 Å². The molecule has 0 bridgehead atoms. The molecule has 1 heterocycles. The molecule has 0 aliphatic rings. The van der Waals surface area contributed by atoms with E-state index in [-0.39, 0.29) is 5.78 Å². The average molecular weight is 255 g/mol. The molecule has 98 valence electrons. The van der Waals surface area contributed by atoms with Crippen LogP contribution < -0.4 is 4.74 Å². The lowest BCUT2D eigenvalue weighted by Gasteiger charge is -2.06. The summed E-state index contributed by atoms with van der Waals surface area (Å²) in [5, 5.41) is 0. The van der Waals surface area contributed by atoms with Gasteiger partial charge in [-0.15, -0.1) is 0 Å². The van der Waals surface area contributed by atoms with Crippen molar-refractivity contribution in [3.8, 4) is 5.75 Å². The van der Waals surface area contributed by atoms with Crippen LogP contribution in [0.2, 0.25) is 0 Å². The van der Waals surface area contributed by atoms with Gasteiger partial charge in [-0.1, -0.05) is 12.1 Å². The second-order valence-electron chi connectivity index (χ2n) is 4.54. The van der Waals surface area contributed by atoms with Gasteiger partial charge in [0.2, 0.25) is 0 Å². The molecule has 0 unspecified atom stereocenters. The van der Waals surface area contributed by atoms with Crippen LogP contribution in [0.1, 0.15) is 27.3 Å². The Morgan fingerprint density at radius 3 is 2.68 bits per heavy atom. The van der Waals surface area contributed by atoms with Crippen LogP contribution in [0.5, 0.6) is 5.75 Å². The molecule has 1 aromatic carbocycles. The van der Waals surface area contributed by atoms with Crippen molar-refractivity contribution >= 4 is 5.78 Å². The maximum absolute atomic E-state index is 12.3. The SMILES string of the molecule is COc1cccc(CC(=O)c2ccc(C)nc2C)c1. The highest BCUT2D eigenvalue weighted by Gasteiger charge is 2.11. The third-order valence-electron chi connectivity index (χ3n) is 3.02. The molecule has 0 amide bonds. The molecule has 0 aliphatic heterocycles. The largest absolute Gasteiger partial charge is 0.497 e. The number of ether oxygens (including phenoxy) is 1. The number of aryl methyl sites for hydroxylation is 2. The van der Waals surface area contributed by atoms with Crippen LogP contribution in [0.25, 0.3) is 0 Å². The van der Waals surface area contributed by atoms with Gasteiger partial charge in [-0.3, -0.25) is 9.78 Å². The van der Waals surface area contributed by atoms with Crippen LogP contribution in [-0.2, 0) is 6.42 Å². The van der Waals surface area contributed by atoms with Crippen molar-refractivity contribution in [2.24, 2.45) is 0 Å². The molecule has 0 saturated heterocycles. The van der Waals surface area contributed by atoms with Gasteiger partial charge in [-0.25, -0.2) is 0 Å². The molecule has 2 aromatic rings. The third kappa shape index (κ3) is 3.19. The molecule has 0 spiro atoms. The Morgan fingerprint density at radius 2 is 2.00 bits per heavy atom. The Hall–Kier alpha value is -2.16. The summed E-state index contributed by atoms with van der Waals surface area (Å²) in [4.78, 5) is 16.6. The number of methoxy groups -OCH3 is 1. The molecule has 1 aromatic heterocycles. The van der Waals surface area contributed by atoms with E-state index in [0.717, 1.165) is 22.7 Å². The normalized spacial score (nSPS) is 10.3. The summed E-state index contributed by atoms with van der Waals surface area (Å²) >= 11 is 0. The Labute approximate surface area is 113 Å². The van der Waals surface area contributed by atoms with Crippen molar-refractivity contribution in [1.29, 1.82) is 0 Å². The molecule has 0 radical (unpaired) electrons. The van der Waals surface area contributed by atoms with Gasteiger partial charge < -0.3 is 4.74 Å². The lowest BCUT2D eigenvalue weighted by atomic mass is 10.0. The maximum Gasteiger partial charge on any atom is 0.169 e. The van der Waals surface area contributed by atoms with E-state index in [1.165, 1.54) is 0 Å². The number of pyridine rings is 1. The van der Waals surface area contributed by atoms with Crippen LogP contribution in [0.15, 0.2) is 36.4 Å². The fourth-order valence-corrected chi connectivity index (χ4v) is 2.04. The summed E-state index contributed by atoms with van der Waals surface area (Å²) in [5.74, 6) is 0.849. The van der Waals surface area contributed by atoms with Crippen LogP contribution >= 0.6 is 0 Å². The lowest BCUT2D eigenvalue weighted by Crippen LogP contribution is -2.07.